The second kappa shape index (κ2) is 3.15. The van der Waals surface area contributed by atoms with Crippen LogP contribution in [0.4, 0.5) is 0 Å². The summed E-state index contributed by atoms with van der Waals surface area (Å²) in [6.45, 7) is 3.97. The van der Waals surface area contributed by atoms with E-state index in [0.717, 1.165) is 13.0 Å². The molecule has 1 aliphatic heterocycles. The summed E-state index contributed by atoms with van der Waals surface area (Å²) in [5.74, 6) is 0. The van der Waals surface area contributed by atoms with Gasteiger partial charge in [0, 0.05) is 13.1 Å². The smallest absolute Gasteiger partial charge is 0.120 e. The quantitative estimate of drug-likeness (QED) is 0.538. The molecule has 0 aromatic carbocycles. The number of piperazine rings is 1. The average molecular weight is 158 g/mol. The van der Waals surface area contributed by atoms with E-state index in [1.165, 1.54) is 5.01 Å². The van der Waals surface area contributed by atoms with Crippen LogP contribution in [0.5, 0.6) is 0 Å². The monoisotopic (exact) mass is 158 g/mol. The van der Waals surface area contributed by atoms with Crippen LogP contribution in [-0.2, 0) is 0 Å². The van der Waals surface area contributed by atoms with E-state index < -0.39 is 5.66 Å². The third-order valence-corrected chi connectivity index (χ3v) is 2.16. The molecular formula is C6H14N4O. The first kappa shape index (κ1) is 8.42. The third kappa shape index (κ3) is 1.49. The van der Waals surface area contributed by atoms with E-state index >= 15 is 0 Å². The summed E-state index contributed by atoms with van der Waals surface area (Å²) in [5.41, 5.74) is 5.31. The summed E-state index contributed by atoms with van der Waals surface area (Å²) in [5, 5.41) is 7.44. The fourth-order valence-corrected chi connectivity index (χ4v) is 1.23. The highest BCUT2D eigenvalue weighted by atomic mass is 16.3. The molecule has 11 heavy (non-hydrogen) atoms. The lowest BCUT2D eigenvalue weighted by molar-refractivity contribution is 0.0622. The van der Waals surface area contributed by atoms with Gasteiger partial charge in [-0.2, -0.15) is 0 Å². The van der Waals surface area contributed by atoms with Crippen molar-refractivity contribution in [2.75, 3.05) is 19.6 Å². The molecular weight excluding hydrogens is 144 g/mol. The number of nitroso groups, excluding NO2 is 1. The highest BCUT2D eigenvalue weighted by molar-refractivity contribution is 4.87. The van der Waals surface area contributed by atoms with Gasteiger partial charge >= 0.3 is 0 Å². The molecule has 5 nitrogen and oxygen atoms in total. The molecule has 0 aliphatic carbocycles. The van der Waals surface area contributed by atoms with Crippen molar-refractivity contribution in [1.82, 2.24) is 10.3 Å². The summed E-state index contributed by atoms with van der Waals surface area (Å²) in [4.78, 5) is 10.3. The first-order valence-electron chi connectivity index (χ1n) is 3.83. The van der Waals surface area contributed by atoms with Crippen LogP contribution in [0.25, 0.3) is 0 Å². The van der Waals surface area contributed by atoms with Gasteiger partial charge in [-0.15, -0.1) is 4.91 Å². The lowest BCUT2D eigenvalue weighted by atomic mass is 10.1. The fourth-order valence-electron chi connectivity index (χ4n) is 1.23. The average Bonchev–Trinajstić information content (AvgIpc) is 2.05. The number of nitrogens with zero attached hydrogens (tertiary/aromatic N) is 2. The third-order valence-electron chi connectivity index (χ3n) is 2.16. The maximum absolute atomic E-state index is 10.3. The molecule has 0 aromatic heterocycles. The van der Waals surface area contributed by atoms with Gasteiger partial charge in [-0.25, -0.2) is 5.01 Å². The standard InChI is InChI=1S/C6H14N4O/c1-2-6(7)5-8-3-4-10(6)9-11/h8H,2-5,7H2,1H3. The summed E-state index contributed by atoms with van der Waals surface area (Å²) >= 11 is 0. The van der Waals surface area contributed by atoms with Crippen molar-refractivity contribution in [3.8, 4) is 0 Å². The van der Waals surface area contributed by atoms with Gasteiger partial charge in [0.15, 0.2) is 0 Å². The second-order valence-corrected chi connectivity index (χ2v) is 2.84. The Hall–Kier alpha value is -0.680. The first-order chi connectivity index (χ1) is 5.23. The zero-order valence-corrected chi connectivity index (χ0v) is 6.71. The minimum absolute atomic E-state index is 0.569. The van der Waals surface area contributed by atoms with Crippen LogP contribution in [0.15, 0.2) is 5.29 Å². The van der Waals surface area contributed by atoms with Crippen LogP contribution in [0.3, 0.4) is 0 Å². The molecule has 0 aromatic rings. The molecule has 0 radical (unpaired) electrons. The molecule has 1 atom stereocenters. The Morgan fingerprint density at radius 3 is 3.00 bits per heavy atom. The largest absolute Gasteiger partial charge is 0.311 e. The topological polar surface area (TPSA) is 70.7 Å². The van der Waals surface area contributed by atoms with Gasteiger partial charge < -0.3 is 11.1 Å². The Kier molecular flexibility index (Phi) is 2.41. The minimum Gasteiger partial charge on any atom is -0.311 e. The second-order valence-electron chi connectivity index (χ2n) is 2.84. The fraction of sp³-hybridized carbons (Fsp3) is 1.00. The highest BCUT2D eigenvalue weighted by Crippen LogP contribution is 2.14. The van der Waals surface area contributed by atoms with Crippen LogP contribution in [-0.4, -0.2) is 30.3 Å². The Balaban J connectivity index is 2.64. The van der Waals surface area contributed by atoms with Gasteiger partial charge in [0.1, 0.15) is 5.66 Å². The number of nitrogens with two attached hydrogens (primary N) is 1. The van der Waals surface area contributed by atoms with Crippen molar-refractivity contribution in [3.05, 3.63) is 4.91 Å². The van der Waals surface area contributed by atoms with Crippen LogP contribution in [0, 0.1) is 4.91 Å². The van der Waals surface area contributed by atoms with Crippen molar-refractivity contribution < 1.29 is 0 Å². The molecule has 0 saturated carbocycles. The van der Waals surface area contributed by atoms with Crippen molar-refractivity contribution in [3.63, 3.8) is 0 Å². The maximum Gasteiger partial charge on any atom is 0.120 e. The zero-order valence-electron chi connectivity index (χ0n) is 6.71. The molecule has 64 valence electrons. The van der Waals surface area contributed by atoms with Gasteiger partial charge in [-0.1, -0.05) is 6.92 Å². The van der Waals surface area contributed by atoms with Crippen molar-refractivity contribution in [2.45, 2.75) is 19.0 Å². The first-order valence-corrected chi connectivity index (χ1v) is 3.83. The molecule has 0 amide bonds. The molecule has 1 saturated heterocycles. The summed E-state index contributed by atoms with van der Waals surface area (Å²) in [7, 11) is 0. The SMILES string of the molecule is CCC1(N)CNCCN1N=O. The Morgan fingerprint density at radius 1 is 1.82 bits per heavy atom. The number of nitrogens with one attached hydrogen (secondary N) is 1. The lowest BCUT2D eigenvalue weighted by Gasteiger charge is -2.40. The van der Waals surface area contributed by atoms with Gasteiger partial charge in [-0.05, 0) is 6.42 Å². The Bertz CT molecular complexity index is 152. The maximum atomic E-state index is 10.3. The van der Waals surface area contributed by atoms with Crippen LogP contribution >= 0.6 is 0 Å². The molecule has 1 heterocycles. The summed E-state index contributed by atoms with van der Waals surface area (Å²) in [6, 6.07) is 0. The molecule has 0 bridgehead atoms. The molecule has 0 spiro atoms. The molecule has 5 heteroatoms. The molecule has 1 unspecified atom stereocenters. The normalized spacial score (nSPS) is 32.0. The van der Waals surface area contributed by atoms with E-state index in [1.807, 2.05) is 6.92 Å². The van der Waals surface area contributed by atoms with Gasteiger partial charge in [0.05, 0.1) is 11.8 Å². The zero-order chi connectivity index (χ0) is 8.32. The summed E-state index contributed by atoms with van der Waals surface area (Å²) in [6.07, 6.45) is 0.728. The molecule has 1 fully saturated rings. The minimum atomic E-state index is -0.569. The van der Waals surface area contributed by atoms with Crippen molar-refractivity contribution >= 4 is 0 Å². The van der Waals surface area contributed by atoms with E-state index in [0.29, 0.717) is 13.1 Å². The highest BCUT2D eigenvalue weighted by Gasteiger charge is 2.33. The predicted molar refractivity (Wildman–Crippen MR) is 42.6 cm³/mol. The predicted octanol–water partition coefficient (Wildman–Crippen LogP) is -0.362. The Morgan fingerprint density at radius 2 is 2.55 bits per heavy atom. The van der Waals surface area contributed by atoms with Gasteiger partial charge in [-0.3, -0.25) is 0 Å². The van der Waals surface area contributed by atoms with Gasteiger partial charge in [0.25, 0.3) is 0 Å². The number of rotatable bonds is 2. The van der Waals surface area contributed by atoms with E-state index in [2.05, 4.69) is 10.6 Å². The lowest BCUT2D eigenvalue weighted by Crippen LogP contribution is -2.64. The van der Waals surface area contributed by atoms with Gasteiger partial charge in [0.2, 0.25) is 0 Å². The van der Waals surface area contributed by atoms with Crippen molar-refractivity contribution in [2.24, 2.45) is 11.0 Å². The van der Waals surface area contributed by atoms with E-state index in [1.54, 1.807) is 0 Å². The number of hydrogen-bond acceptors (Lipinski definition) is 4. The molecule has 1 aliphatic rings. The number of hydrogen-bond donors (Lipinski definition) is 2. The molecule has 1 rings (SSSR count). The molecule has 3 N–H and O–H groups in total. The van der Waals surface area contributed by atoms with Crippen LogP contribution in [0.2, 0.25) is 0 Å². The van der Waals surface area contributed by atoms with Crippen LogP contribution in [0.1, 0.15) is 13.3 Å². The van der Waals surface area contributed by atoms with Crippen molar-refractivity contribution in [1.29, 1.82) is 0 Å². The van der Waals surface area contributed by atoms with E-state index in [4.69, 9.17) is 5.73 Å². The summed E-state index contributed by atoms with van der Waals surface area (Å²) < 4.78 is 0. The van der Waals surface area contributed by atoms with Crippen LogP contribution < -0.4 is 11.1 Å². The Labute approximate surface area is 65.9 Å². The van der Waals surface area contributed by atoms with E-state index in [9.17, 15) is 4.91 Å². The van der Waals surface area contributed by atoms with E-state index in [-0.39, 0.29) is 0 Å².